The maximum atomic E-state index is 12.9. The molecule has 0 saturated carbocycles. The standard InChI is InChI=1S/C24H26N2O4S/c1-18-8-10-20(11-9-18)17-25-24(27)21-12-13-22(30-2)23(16-21)31(28,29)26-15-14-19-6-4-3-5-7-19/h3-13,16,26H,14-15,17H2,1-2H3,(H,25,27). The number of hydrogen-bond donors (Lipinski definition) is 2. The van der Waals surface area contributed by atoms with Crippen molar-refractivity contribution in [3.05, 3.63) is 95.1 Å². The second-order valence-electron chi connectivity index (χ2n) is 7.17. The van der Waals surface area contributed by atoms with Gasteiger partial charge in [0, 0.05) is 18.7 Å². The minimum Gasteiger partial charge on any atom is -0.495 e. The Kier molecular flexibility index (Phi) is 7.44. The molecular weight excluding hydrogens is 412 g/mol. The van der Waals surface area contributed by atoms with Gasteiger partial charge in [0.25, 0.3) is 5.91 Å². The average Bonchev–Trinajstić information content (AvgIpc) is 2.78. The molecule has 0 unspecified atom stereocenters. The lowest BCUT2D eigenvalue weighted by atomic mass is 10.1. The van der Waals surface area contributed by atoms with Crippen molar-refractivity contribution in [1.29, 1.82) is 0 Å². The topological polar surface area (TPSA) is 84.5 Å². The van der Waals surface area contributed by atoms with Gasteiger partial charge in [0.1, 0.15) is 10.6 Å². The van der Waals surface area contributed by atoms with Crippen molar-refractivity contribution in [2.75, 3.05) is 13.7 Å². The lowest BCUT2D eigenvalue weighted by molar-refractivity contribution is 0.0950. The summed E-state index contributed by atoms with van der Waals surface area (Å²) in [6.45, 7) is 2.58. The van der Waals surface area contributed by atoms with Gasteiger partial charge in [0.15, 0.2) is 0 Å². The molecule has 3 rings (SSSR count). The van der Waals surface area contributed by atoms with Crippen LogP contribution in [0.15, 0.2) is 77.7 Å². The third-order valence-corrected chi connectivity index (χ3v) is 6.32. The Morgan fingerprint density at radius 2 is 1.65 bits per heavy atom. The van der Waals surface area contributed by atoms with E-state index in [-0.39, 0.29) is 28.7 Å². The van der Waals surface area contributed by atoms with E-state index in [0.717, 1.165) is 16.7 Å². The van der Waals surface area contributed by atoms with E-state index in [9.17, 15) is 13.2 Å². The summed E-state index contributed by atoms with van der Waals surface area (Å²) >= 11 is 0. The second-order valence-corrected chi connectivity index (χ2v) is 8.90. The summed E-state index contributed by atoms with van der Waals surface area (Å²) in [7, 11) is -2.46. The molecule has 31 heavy (non-hydrogen) atoms. The van der Waals surface area contributed by atoms with Crippen LogP contribution in [0.4, 0.5) is 0 Å². The van der Waals surface area contributed by atoms with Crippen LogP contribution in [0.5, 0.6) is 5.75 Å². The summed E-state index contributed by atoms with van der Waals surface area (Å²) < 4.78 is 33.5. The molecule has 0 bridgehead atoms. The van der Waals surface area contributed by atoms with Crippen molar-refractivity contribution in [1.82, 2.24) is 10.0 Å². The molecule has 0 saturated heterocycles. The summed E-state index contributed by atoms with van der Waals surface area (Å²) in [5.74, 6) is -0.175. The molecule has 3 aromatic carbocycles. The van der Waals surface area contributed by atoms with Gasteiger partial charge >= 0.3 is 0 Å². The zero-order valence-electron chi connectivity index (χ0n) is 17.6. The minimum atomic E-state index is -3.86. The van der Waals surface area contributed by atoms with Crippen LogP contribution in [0.1, 0.15) is 27.0 Å². The van der Waals surface area contributed by atoms with Crippen molar-refractivity contribution in [3.63, 3.8) is 0 Å². The molecule has 0 atom stereocenters. The van der Waals surface area contributed by atoms with Gasteiger partial charge in [0.05, 0.1) is 7.11 Å². The number of benzene rings is 3. The van der Waals surface area contributed by atoms with Crippen LogP contribution in [0.3, 0.4) is 0 Å². The van der Waals surface area contributed by atoms with Gasteiger partial charge in [-0.15, -0.1) is 0 Å². The number of carbonyl (C=O) groups excluding carboxylic acids is 1. The molecule has 0 spiro atoms. The molecule has 0 aliphatic rings. The Morgan fingerprint density at radius 3 is 2.32 bits per heavy atom. The average molecular weight is 439 g/mol. The molecule has 1 amide bonds. The van der Waals surface area contributed by atoms with Crippen molar-refractivity contribution in [2.45, 2.75) is 24.8 Å². The Balaban J connectivity index is 1.71. The Hall–Kier alpha value is -3.16. The van der Waals surface area contributed by atoms with Gasteiger partial charge in [-0.05, 0) is 42.7 Å². The highest BCUT2D eigenvalue weighted by Gasteiger charge is 2.21. The van der Waals surface area contributed by atoms with Gasteiger partial charge in [-0.2, -0.15) is 0 Å². The second kappa shape index (κ2) is 10.2. The smallest absolute Gasteiger partial charge is 0.251 e. The number of ether oxygens (including phenoxy) is 1. The van der Waals surface area contributed by atoms with Gasteiger partial charge in [-0.25, -0.2) is 13.1 Å². The zero-order chi connectivity index (χ0) is 22.3. The lowest BCUT2D eigenvalue weighted by Crippen LogP contribution is -2.27. The molecule has 6 nitrogen and oxygen atoms in total. The monoisotopic (exact) mass is 438 g/mol. The molecule has 0 aromatic heterocycles. The van der Waals surface area contributed by atoms with Crippen molar-refractivity contribution in [3.8, 4) is 5.75 Å². The van der Waals surface area contributed by atoms with Crippen LogP contribution < -0.4 is 14.8 Å². The van der Waals surface area contributed by atoms with E-state index < -0.39 is 10.0 Å². The Labute approximate surface area is 183 Å². The van der Waals surface area contributed by atoms with Crippen molar-refractivity contribution < 1.29 is 17.9 Å². The number of sulfonamides is 1. The van der Waals surface area contributed by atoms with Crippen molar-refractivity contribution >= 4 is 15.9 Å². The van der Waals surface area contributed by atoms with Crippen LogP contribution in [0.25, 0.3) is 0 Å². The number of carbonyl (C=O) groups is 1. The predicted octanol–water partition coefficient (Wildman–Crippen LogP) is 3.45. The first kappa shape index (κ1) is 22.5. The highest BCUT2D eigenvalue weighted by atomic mass is 32.2. The van der Waals surface area contributed by atoms with Crippen LogP contribution in [0, 0.1) is 6.92 Å². The number of amides is 1. The molecule has 0 fully saturated rings. The highest BCUT2D eigenvalue weighted by Crippen LogP contribution is 2.25. The maximum absolute atomic E-state index is 12.9. The van der Waals surface area contributed by atoms with E-state index in [4.69, 9.17) is 4.74 Å². The fourth-order valence-corrected chi connectivity index (χ4v) is 4.30. The van der Waals surface area contributed by atoms with Gasteiger partial charge in [0.2, 0.25) is 10.0 Å². The molecule has 0 radical (unpaired) electrons. The summed E-state index contributed by atoms with van der Waals surface area (Å²) in [5, 5.41) is 2.82. The fourth-order valence-electron chi connectivity index (χ4n) is 3.07. The number of nitrogens with one attached hydrogen (secondary N) is 2. The Morgan fingerprint density at radius 1 is 0.935 bits per heavy atom. The molecule has 0 aliphatic heterocycles. The molecule has 0 aliphatic carbocycles. The first-order chi connectivity index (χ1) is 14.9. The zero-order valence-corrected chi connectivity index (χ0v) is 18.4. The fraction of sp³-hybridized carbons (Fsp3) is 0.208. The minimum absolute atomic E-state index is 0.0638. The summed E-state index contributed by atoms with van der Waals surface area (Å²) in [4.78, 5) is 12.5. The molecule has 0 heterocycles. The first-order valence-electron chi connectivity index (χ1n) is 9.94. The molecule has 7 heteroatoms. The number of hydrogen-bond acceptors (Lipinski definition) is 4. The van der Waals surface area contributed by atoms with Gasteiger partial charge in [-0.3, -0.25) is 4.79 Å². The van der Waals surface area contributed by atoms with E-state index in [0.29, 0.717) is 13.0 Å². The molecular formula is C24H26N2O4S. The van der Waals surface area contributed by atoms with Gasteiger partial charge in [-0.1, -0.05) is 60.2 Å². The normalized spacial score (nSPS) is 11.2. The maximum Gasteiger partial charge on any atom is 0.251 e. The molecule has 2 N–H and O–H groups in total. The van der Waals surface area contributed by atoms with E-state index in [1.54, 1.807) is 6.07 Å². The van der Waals surface area contributed by atoms with E-state index in [2.05, 4.69) is 10.0 Å². The highest BCUT2D eigenvalue weighted by molar-refractivity contribution is 7.89. The molecule has 162 valence electrons. The first-order valence-corrected chi connectivity index (χ1v) is 11.4. The Bertz CT molecular complexity index is 1130. The quantitative estimate of drug-likeness (QED) is 0.536. The van der Waals surface area contributed by atoms with Crippen LogP contribution in [-0.2, 0) is 23.0 Å². The van der Waals surface area contributed by atoms with E-state index in [1.807, 2.05) is 61.5 Å². The lowest BCUT2D eigenvalue weighted by Gasteiger charge is -2.13. The number of aryl methyl sites for hydroxylation is 1. The third kappa shape index (κ3) is 6.16. The summed E-state index contributed by atoms with van der Waals surface area (Å²) in [5.41, 5.74) is 3.38. The van der Waals surface area contributed by atoms with E-state index >= 15 is 0 Å². The number of methoxy groups -OCH3 is 1. The SMILES string of the molecule is COc1ccc(C(=O)NCc2ccc(C)cc2)cc1S(=O)(=O)NCCc1ccccc1. The third-order valence-electron chi connectivity index (χ3n) is 4.84. The predicted molar refractivity (Wildman–Crippen MR) is 121 cm³/mol. The van der Waals surface area contributed by atoms with Gasteiger partial charge < -0.3 is 10.1 Å². The number of rotatable bonds is 9. The molecule has 3 aromatic rings. The summed E-state index contributed by atoms with van der Waals surface area (Å²) in [6.07, 6.45) is 0.555. The van der Waals surface area contributed by atoms with E-state index in [1.165, 1.54) is 19.2 Å². The van der Waals surface area contributed by atoms with Crippen LogP contribution in [-0.4, -0.2) is 28.0 Å². The van der Waals surface area contributed by atoms with Crippen LogP contribution in [0.2, 0.25) is 0 Å². The summed E-state index contributed by atoms with van der Waals surface area (Å²) in [6, 6.07) is 21.8. The largest absolute Gasteiger partial charge is 0.495 e. The van der Waals surface area contributed by atoms with Crippen molar-refractivity contribution in [2.24, 2.45) is 0 Å². The van der Waals surface area contributed by atoms with Crippen LogP contribution >= 0.6 is 0 Å².